The lowest BCUT2D eigenvalue weighted by atomic mass is 9.96. The van der Waals surface area contributed by atoms with Gasteiger partial charge in [-0.2, -0.15) is 5.26 Å². The number of benzene rings is 1. The third-order valence-corrected chi connectivity index (χ3v) is 6.96. The summed E-state index contributed by atoms with van der Waals surface area (Å²) in [4.78, 5) is 30.1. The van der Waals surface area contributed by atoms with Crippen molar-refractivity contribution < 1.29 is 40.7 Å². The molecule has 0 bridgehead atoms. The van der Waals surface area contributed by atoms with E-state index in [1.54, 1.807) is 18.7 Å². The maximum Gasteiger partial charge on any atom is 0.573 e. The molecule has 1 aromatic carbocycles. The number of alkyl halides is 3. The number of aromatic nitrogens is 1. The van der Waals surface area contributed by atoms with Crippen LogP contribution in [0.1, 0.15) is 41.4 Å². The van der Waals surface area contributed by atoms with Crippen LogP contribution in [0.5, 0.6) is 5.75 Å². The minimum atomic E-state index is -5.12. The number of carbonyl (C=O) groups is 2. The predicted octanol–water partition coefficient (Wildman–Crippen LogP) is 3.06. The van der Waals surface area contributed by atoms with Crippen LogP contribution >= 0.6 is 0 Å². The summed E-state index contributed by atoms with van der Waals surface area (Å²) in [6.45, 7) is 3.90. The molecule has 1 N–H and O–H groups in total. The first kappa shape index (κ1) is 27.7. The Labute approximate surface area is 211 Å². The fraction of sp³-hybridized carbons (Fsp3) is 0.391. The van der Waals surface area contributed by atoms with Gasteiger partial charge in [0.1, 0.15) is 22.5 Å². The average Bonchev–Trinajstić information content (AvgIpc) is 2.83. The average molecular weight is 541 g/mol. The summed E-state index contributed by atoms with van der Waals surface area (Å²) < 4.78 is 73.9. The SMILES string of the molecule is CCOC(=O)c1cc(C#N)c(N2CCC(C(=O)NS(=O)(=O)c3ccccc3OC(F)(F)F)CC2)nc1C. The van der Waals surface area contributed by atoms with E-state index < -0.39 is 44.8 Å². The fourth-order valence-electron chi connectivity index (χ4n) is 3.84. The fourth-order valence-corrected chi connectivity index (χ4v) is 5.01. The third-order valence-electron chi connectivity index (χ3n) is 5.57. The second-order valence-electron chi connectivity index (χ2n) is 8.05. The van der Waals surface area contributed by atoms with E-state index in [1.165, 1.54) is 18.2 Å². The molecule has 3 rings (SSSR count). The van der Waals surface area contributed by atoms with Gasteiger partial charge in [-0.1, -0.05) is 12.1 Å². The van der Waals surface area contributed by atoms with Crippen molar-refractivity contribution >= 4 is 27.7 Å². The number of piperidine rings is 1. The molecule has 1 aliphatic heterocycles. The van der Waals surface area contributed by atoms with Gasteiger partial charge < -0.3 is 14.4 Å². The van der Waals surface area contributed by atoms with E-state index >= 15 is 0 Å². The number of nitriles is 1. The first-order valence-corrected chi connectivity index (χ1v) is 12.6. The van der Waals surface area contributed by atoms with Gasteiger partial charge in [0.25, 0.3) is 10.0 Å². The van der Waals surface area contributed by atoms with E-state index in [-0.39, 0.29) is 43.7 Å². The van der Waals surface area contributed by atoms with Crippen molar-refractivity contribution in [1.82, 2.24) is 9.71 Å². The maximum absolute atomic E-state index is 12.7. The van der Waals surface area contributed by atoms with Gasteiger partial charge in [-0.25, -0.2) is 22.9 Å². The molecule has 1 amide bonds. The highest BCUT2D eigenvalue weighted by Gasteiger charge is 2.35. The Balaban J connectivity index is 1.71. The molecule has 1 fully saturated rings. The topological polar surface area (TPSA) is 139 Å². The summed E-state index contributed by atoms with van der Waals surface area (Å²) in [6.07, 6.45) is -4.74. The second-order valence-corrected chi connectivity index (χ2v) is 9.70. The molecule has 2 aromatic rings. The number of halogens is 3. The minimum Gasteiger partial charge on any atom is -0.462 e. The summed E-state index contributed by atoms with van der Waals surface area (Å²) in [5.74, 6) is -2.87. The number of carbonyl (C=O) groups excluding carboxylic acids is 2. The van der Waals surface area contributed by atoms with Crippen LogP contribution in [-0.4, -0.2) is 51.3 Å². The number of amides is 1. The Morgan fingerprint density at radius 2 is 1.89 bits per heavy atom. The van der Waals surface area contributed by atoms with E-state index in [1.807, 2.05) is 10.8 Å². The van der Waals surface area contributed by atoms with Crippen molar-refractivity contribution in [2.24, 2.45) is 5.92 Å². The standard InChI is InChI=1S/C23H23F3N4O6S/c1-3-35-22(32)17-12-16(13-27)20(28-14(17)2)30-10-8-15(9-11-30)21(31)29-37(33,34)19-7-5-4-6-18(19)36-23(24,25)26/h4-7,12,15H,3,8-11H2,1-2H3,(H,29,31). The van der Waals surface area contributed by atoms with Gasteiger partial charge in [0.15, 0.2) is 0 Å². The summed E-state index contributed by atoms with van der Waals surface area (Å²) in [7, 11) is -4.65. The first-order chi connectivity index (χ1) is 17.4. The Bertz CT molecular complexity index is 1330. The van der Waals surface area contributed by atoms with Crippen LogP contribution in [0.4, 0.5) is 19.0 Å². The number of aryl methyl sites for hydroxylation is 1. The zero-order chi connectivity index (χ0) is 27.4. The van der Waals surface area contributed by atoms with Crippen molar-refractivity contribution in [2.75, 3.05) is 24.6 Å². The number of sulfonamides is 1. The first-order valence-electron chi connectivity index (χ1n) is 11.1. The van der Waals surface area contributed by atoms with Crippen LogP contribution in [0.2, 0.25) is 0 Å². The number of hydrogen-bond donors (Lipinski definition) is 1. The number of pyridine rings is 1. The van der Waals surface area contributed by atoms with Crippen molar-refractivity contribution in [1.29, 1.82) is 5.26 Å². The van der Waals surface area contributed by atoms with E-state index in [4.69, 9.17) is 4.74 Å². The van der Waals surface area contributed by atoms with Crippen LogP contribution in [0, 0.1) is 24.2 Å². The van der Waals surface area contributed by atoms with E-state index in [0.29, 0.717) is 11.5 Å². The predicted molar refractivity (Wildman–Crippen MR) is 123 cm³/mol. The van der Waals surface area contributed by atoms with Crippen LogP contribution in [0.15, 0.2) is 35.2 Å². The minimum absolute atomic E-state index is 0.139. The van der Waals surface area contributed by atoms with E-state index in [9.17, 15) is 36.4 Å². The lowest BCUT2D eigenvalue weighted by molar-refractivity contribution is -0.275. The molecule has 0 atom stereocenters. The summed E-state index contributed by atoms with van der Waals surface area (Å²) >= 11 is 0. The highest BCUT2D eigenvalue weighted by molar-refractivity contribution is 7.90. The number of esters is 1. The monoisotopic (exact) mass is 540 g/mol. The summed E-state index contributed by atoms with van der Waals surface area (Å²) in [6, 6.07) is 7.50. The van der Waals surface area contributed by atoms with Crippen LogP contribution < -0.4 is 14.4 Å². The van der Waals surface area contributed by atoms with Crippen LogP contribution in [0.3, 0.4) is 0 Å². The molecule has 198 valence electrons. The number of ether oxygens (including phenoxy) is 2. The number of nitrogens with one attached hydrogen (secondary N) is 1. The van der Waals surface area contributed by atoms with Gasteiger partial charge in [-0.3, -0.25) is 4.79 Å². The van der Waals surface area contributed by atoms with Gasteiger partial charge in [0.2, 0.25) is 5.91 Å². The molecule has 14 heteroatoms. The molecule has 10 nitrogen and oxygen atoms in total. The number of anilines is 1. The molecule has 2 heterocycles. The van der Waals surface area contributed by atoms with E-state index in [0.717, 1.165) is 12.1 Å². The summed E-state index contributed by atoms with van der Waals surface area (Å²) in [5.41, 5.74) is 0.662. The van der Waals surface area contributed by atoms with Crippen LogP contribution in [-0.2, 0) is 19.6 Å². The molecule has 0 aliphatic carbocycles. The van der Waals surface area contributed by atoms with E-state index in [2.05, 4.69) is 9.72 Å². The van der Waals surface area contributed by atoms with Gasteiger partial charge in [-0.05, 0) is 44.9 Å². The van der Waals surface area contributed by atoms with Gasteiger partial charge >= 0.3 is 12.3 Å². The number of nitrogens with zero attached hydrogens (tertiary/aromatic N) is 3. The molecular weight excluding hydrogens is 517 g/mol. The highest BCUT2D eigenvalue weighted by Crippen LogP contribution is 2.30. The lowest BCUT2D eigenvalue weighted by Crippen LogP contribution is -2.43. The van der Waals surface area contributed by atoms with Gasteiger partial charge in [0.05, 0.1) is 23.4 Å². The van der Waals surface area contributed by atoms with Crippen molar-refractivity contribution in [3.05, 3.63) is 47.2 Å². The smallest absolute Gasteiger partial charge is 0.462 e. The lowest BCUT2D eigenvalue weighted by Gasteiger charge is -2.32. The molecule has 0 spiro atoms. The molecule has 1 aromatic heterocycles. The Morgan fingerprint density at radius 1 is 1.24 bits per heavy atom. The molecule has 1 saturated heterocycles. The number of hydrogen-bond acceptors (Lipinski definition) is 9. The zero-order valence-corrected chi connectivity index (χ0v) is 20.6. The molecule has 37 heavy (non-hydrogen) atoms. The van der Waals surface area contributed by atoms with Crippen LogP contribution in [0.25, 0.3) is 0 Å². The van der Waals surface area contributed by atoms with Crippen molar-refractivity contribution in [3.8, 4) is 11.8 Å². The largest absolute Gasteiger partial charge is 0.573 e. The third kappa shape index (κ3) is 6.67. The normalized spacial score (nSPS) is 14.5. The zero-order valence-electron chi connectivity index (χ0n) is 19.8. The molecule has 0 radical (unpaired) electrons. The number of para-hydroxylation sites is 1. The maximum atomic E-state index is 12.7. The number of rotatable bonds is 7. The highest BCUT2D eigenvalue weighted by atomic mass is 32.2. The Morgan fingerprint density at radius 3 is 2.49 bits per heavy atom. The summed E-state index contributed by atoms with van der Waals surface area (Å²) in [5, 5.41) is 9.56. The van der Waals surface area contributed by atoms with Crippen molar-refractivity contribution in [3.63, 3.8) is 0 Å². The molecule has 0 saturated carbocycles. The second kappa shape index (κ2) is 11.0. The quantitative estimate of drug-likeness (QED) is 0.525. The van der Waals surface area contributed by atoms with Gasteiger partial charge in [0, 0.05) is 19.0 Å². The molecular formula is C23H23F3N4O6S. The van der Waals surface area contributed by atoms with Gasteiger partial charge in [-0.15, -0.1) is 13.2 Å². The molecule has 1 aliphatic rings. The molecule has 0 unspecified atom stereocenters. The Kier molecular flexibility index (Phi) is 8.27. The van der Waals surface area contributed by atoms with Crippen molar-refractivity contribution in [2.45, 2.75) is 37.9 Å². The Hall–Kier alpha value is -3.86.